The van der Waals surface area contributed by atoms with Crippen LogP contribution in [0.2, 0.25) is 0 Å². The second kappa shape index (κ2) is 6.46. The van der Waals surface area contributed by atoms with Crippen LogP contribution in [0.25, 0.3) is 0 Å². The second-order valence-corrected chi connectivity index (χ2v) is 7.45. The maximum absolute atomic E-state index is 4.86. The minimum atomic E-state index is 0.487. The molecule has 1 aliphatic carbocycles. The van der Waals surface area contributed by atoms with Crippen LogP contribution in [-0.4, -0.2) is 19.1 Å². The zero-order valence-corrected chi connectivity index (χ0v) is 14.8. The molecule has 1 aromatic carbocycles. The molecular formula is C16H20BrN3S. The van der Waals surface area contributed by atoms with Gasteiger partial charge in [-0.3, -0.25) is 0 Å². The minimum Gasteiger partial charge on any atom is -0.347 e. The highest BCUT2D eigenvalue weighted by molar-refractivity contribution is 9.10. The highest BCUT2D eigenvalue weighted by Crippen LogP contribution is 2.37. The molecular weight excluding hydrogens is 346 g/mol. The molecule has 5 heteroatoms. The molecule has 3 nitrogen and oxygen atoms in total. The zero-order chi connectivity index (χ0) is 14.8. The molecule has 3 rings (SSSR count). The molecule has 1 aliphatic rings. The highest BCUT2D eigenvalue weighted by Gasteiger charge is 2.24. The van der Waals surface area contributed by atoms with E-state index in [-0.39, 0.29) is 0 Å². The van der Waals surface area contributed by atoms with Crippen molar-refractivity contribution >= 4 is 32.4 Å². The smallest absolute Gasteiger partial charge is 0.185 e. The molecule has 2 aromatic rings. The number of halogens is 1. The van der Waals surface area contributed by atoms with Crippen LogP contribution in [0, 0.1) is 0 Å². The minimum absolute atomic E-state index is 0.487. The molecule has 0 aliphatic heterocycles. The summed E-state index contributed by atoms with van der Waals surface area (Å²) in [6.07, 6.45) is 3.58. The summed E-state index contributed by atoms with van der Waals surface area (Å²) in [7, 11) is 4.17. The topological polar surface area (TPSA) is 28.2 Å². The average molecular weight is 366 g/mol. The zero-order valence-electron chi connectivity index (χ0n) is 12.4. The van der Waals surface area contributed by atoms with Crippen LogP contribution in [0.4, 0.5) is 5.13 Å². The predicted molar refractivity (Wildman–Crippen MR) is 93.1 cm³/mol. The van der Waals surface area contributed by atoms with Crippen LogP contribution in [-0.2, 0) is 13.0 Å². The van der Waals surface area contributed by atoms with Gasteiger partial charge in [0.25, 0.3) is 0 Å². The molecule has 21 heavy (non-hydrogen) atoms. The first-order valence-electron chi connectivity index (χ1n) is 7.30. The number of aryl methyl sites for hydroxylation is 1. The fourth-order valence-electron chi connectivity index (χ4n) is 2.78. The van der Waals surface area contributed by atoms with Gasteiger partial charge < -0.3 is 10.2 Å². The lowest BCUT2D eigenvalue weighted by atomic mass is 9.98. The number of rotatable bonds is 4. The first-order chi connectivity index (χ1) is 10.2. The fourth-order valence-corrected chi connectivity index (χ4v) is 4.26. The van der Waals surface area contributed by atoms with E-state index in [1.54, 1.807) is 0 Å². The van der Waals surface area contributed by atoms with Crippen molar-refractivity contribution in [2.24, 2.45) is 0 Å². The molecule has 0 saturated carbocycles. The van der Waals surface area contributed by atoms with Crippen molar-refractivity contribution in [1.29, 1.82) is 0 Å². The van der Waals surface area contributed by atoms with Crippen molar-refractivity contribution in [1.82, 2.24) is 10.3 Å². The lowest BCUT2D eigenvalue weighted by Crippen LogP contribution is -2.19. The fraction of sp³-hybridized carbons (Fsp3) is 0.438. The van der Waals surface area contributed by atoms with Crippen LogP contribution in [0.5, 0.6) is 0 Å². The molecule has 112 valence electrons. The van der Waals surface area contributed by atoms with Gasteiger partial charge in [0.15, 0.2) is 5.13 Å². The van der Waals surface area contributed by atoms with E-state index in [1.807, 2.05) is 18.4 Å². The Labute approximate surface area is 138 Å². The number of hydrogen-bond donors (Lipinski definition) is 1. The Morgan fingerprint density at radius 3 is 2.86 bits per heavy atom. The third-order valence-corrected chi connectivity index (χ3v) is 5.80. The summed E-state index contributed by atoms with van der Waals surface area (Å²) in [6, 6.07) is 8.98. The van der Waals surface area contributed by atoms with E-state index in [0.717, 1.165) is 22.6 Å². The quantitative estimate of drug-likeness (QED) is 0.882. The van der Waals surface area contributed by atoms with E-state index in [4.69, 9.17) is 4.98 Å². The molecule has 0 amide bonds. The highest BCUT2D eigenvalue weighted by atomic mass is 79.9. The van der Waals surface area contributed by atoms with Gasteiger partial charge in [-0.1, -0.05) is 39.4 Å². The van der Waals surface area contributed by atoms with E-state index in [0.29, 0.717) is 6.04 Å². The van der Waals surface area contributed by atoms with Crippen LogP contribution in [0.15, 0.2) is 28.7 Å². The summed E-state index contributed by atoms with van der Waals surface area (Å²) in [5.41, 5.74) is 2.60. The molecule has 1 aromatic heterocycles. The van der Waals surface area contributed by atoms with Crippen LogP contribution in [0.3, 0.4) is 0 Å². The second-order valence-electron chi connectivity index (χ2n) is 5.52. The summed E-state index contributed by atoms with van der Waals surface area (Å²) in [5.74, 6) is 0. The van der Waals surface area contributed by atoms with Crippen LogP contribution >= 0.6 is 27.3 Å². The summed E-state index contributed by atoms with van der Waals surface area (Å²) < 4.78 is 1.12. The van der Waals surface area contributed by atoms with Gasteiger partial charge >= 0.3 is 0 Å². The van der Waals surface area contributed by atoms with Gasteiger partial charge in [0.05, 0.1) is 5.69 Å². The predicted octanol–water partition coefficient (Wildman–Crippen LogP) is 4.14. The molecule has 1 heterocycles. The number of benzene rings is 1. The molecule has 1 atom stereocenters. The third-order valence-electron chi connectivity index (χ3n) is 3.95. The summed E-state index contributed by atoms with van der Waals surface area (Å²) >= 11 is 5.32. The SMILES string of the molecule is CNC1CCCc2nc(N(C)Cc3ccc(Br)cc3)sc21. The van der Waals surface area contributed by atoms with Crippen molar-refractivity contribution in [3.8, 4) is 0 Å². The Kier molecular flexibility index (Phi) is 4.62. The largest absolute Gasteiger partial charge is 0.347 e. The Morgan fingerprint density at radius 2 is 2.14 bits per heavy atom. The number of anilines is 1. The van der Waals surface area contributed by atoms with E-state index in [1.165, 1.54) is 29.0 Å². The van der Waals surface area contributed by atoms with E-state index in [9.17, 15) is 0 Å². The van der Waals surface area contributed by atoms with Crippen molar-refractivity contribution in [3.63, 3.8) is 0 Å². The maximum atomic E-state index is 4.86. The van der Waals surface area contributed by atoms with E-state index >= 15 is 0 Å². The van der Waals surface area contributed by atoms with Crippen molar-refractivity contribution in [2.75, 3.05) is 19.0 Å². The summed E-state index contributed by atoms with van der Waals surface area (Å²) in [5, 5.41) is 4.54. The third kappa shape index (κ3) is 3.30. The van der Waals surface area contributed by atoms with Gasteiger partial charge in [-0.25, -0.2) is 4.98 Å². The van der Waals surface area contributed by atoms with Crippen molar-refractivity contribution in [2.45, 2.75) is 31.8 Å². The van der Waals surface area contributed by atoms with Gasteiger partial charge in [0.1, 0.15) is 0 Å². The molecule has 1 N–H and O–H groups in total. The number of thiazole rings is 1. The average Bonchev–Trinajstić information content (AvgIpc) is 2.93. The number of hydrogen-bond acceptors (Lipinski definition) is 4. The van der Waals surface area contributed by atoms with Gasteiger partial charge in [-0.15, -0.1) is 0 Å². The number of nitrogens with zero attached hydrogens (tertiary/aromatic N) is 2. The first kappa shape index (κ1) is 15.0. The van der Waals surface area contributed by atoms with E-state index in [2.05, 4.69) is 57.5 Å². The Bertz CT molecular complexity index is 608. The van der Waals surface area contributed by atoms with Gasteiger partial charge in [0, 0.05) is 29.0 Å². The standard InChI is InChI=1S/C16H20BrN3S/c1-18-13-4-3-5-14-15(13)21-16(19-14)20(2)10-11-6-8-12(17)9-7-11/h6-9,13,18H,3-5,10H2,1-2H3. The summed E-state index contributed by atoms with van der Waals surface area (Å²) in [6.45, 7) is 0.893. The number of nitrogens with one attached hydrogen (secondary N) is 1. The number of aromatic nitrogens is 1. The lowest BCUT2D eigenvalue weighted by Gasteiger charge is -2.19. The van der Waals surface area contributed by atoms with Crippen LogP contribution in [0.1, 0.15) is 35.0 Å². The van der Waals surface area contributed by atoms with Gasteiger partial charge in [0.2, 0.25) is 0 Å². The summed E-state index contributed by atoms with van der Waals surface area (Å²) in [4.78, 5) is 8.54. The molecule has 0 radical (unpaired) electrons. The van der Waals surface area contributed by atoms with Gasteiger partial charge in [-0.05, 0) is 44.0 Å². The molecule has 0 saturated heterocycles. The Balaban J connectivity index is 1.77. The molecule has 0 spiro atoms. The molecule has 0 bridgehead atoms. The maximum Gasteiger partial charge on any atom is 0.185 e. The molecule has 0 fully saturated rings. The monoisotopic (exact) mass is 365 g/mol. The van der Waals surface area contributed by atoms with Crippen molar-refractivity contribution < 1.29 is 0 Å². The Morgan fingerprint density at radius 1 is 1.38 bits per heavy atom. The number of fused-ring (bicyclic) bond motifs is 1. The normalized spacial score (nSPS) is 17.6. The first-order valence-corrected chi connectivity index (χ1v) is 8.91. The Hall–Kier alpha value is -0.910. The molecule has 1 unspecified atom stereocenters. The van der Waals surface area contributed by atoms with Gasteiger partial charge in [-0.2, -0.15) is 0 Å². The van der Waals surface area contributed by atoms with E-state index < -0.39 is 0 Å². The lowest BCUT2D eigenvalue weighted by molar-refractivity contribution is 0.501. The van der Waals surface area contributed by atoms with Crippen molar-refractivity contribution in [3.05, 3.63) is 44.9 Å². The van der Waals surface area contributed by atoms with Crippen LogP contribution < -0.4 is 10.2 Å².